The van der Waals surface area contributed by atoms with Gasteiger partial charge in [-0.1, -0.05) is 30.9 Å². The molecule has 1 aliphatic heterocycles. The summed E-state index contributed by atoms with van der Waals surface area (Å²) in [6.07, 6.45) is 9.72. The summed E-state index contributed by atoms with van der Waals surface area (Å²) in [5.74, 6) is -1.96. The van der Waals surface area contributed by atoms with Gasteiger partial charge in [-0.3, -0.25) is 9.59 Å². The maximum atomic E-state index is 11.8. The molecule has 1 unspecified atom stereocenters. The normalized spacial score (nSPS) is 17.3. The summed E-state index contributed by atoms with van der Waals surface area (Å²) >= 11 is 0. The summed E-state index contributed by atoms with van der Waals surface area (Å²) in [5, 5.41) is 0. The van der Waals surface area contributed by atoms with Gasteiger partial charge in [0.15, 0.2) is 5.92 Å². The predicted octanol–water partition coefficient (Wildman–Crippen LogP) is 2.97. The van der Waals surface area contributed by atoms with Crippen LogP contribution in [-0.4, -0.2) is 37.9 Å². The van der Waals surface area contributed by atoms with E-state index in [-0.39, 0.29) is 25.7 Å². The highest BCUT2D eigenvalue weighted by molar-refractivity contribution is 5.95. The molecule has 0 N–H and O–H groups in total. The van der Waals surface area contributed by atoms with Gasteiger partial charge in [-0.2, -0.15) is 0 Å². The molecule has 23 heavy (non-hydrogen) atoms. The molecule has 5 nitrogen and oxygen atoms in total. The van der Waals surface area contributed by atoms with Gasteiger partial charge in [0.25, 0.3) is 0 Å². The van der Waals surface area contributed by atoms with Crippen LogP contribution in [0.25, 0.3) is 0 Å². The molecule has 0 radical (unpaired) electrons. The minimum absolute atomic E-state index is 0.110. The van der Waals surface area contributed by atoms with E-state index in [9.17, 15) is 9.59 Å². The van der Waals surface area contributed by atoms with Crippen LogP contribution in [0.2, 0.25) is 0 Å². The number of carbonyl (C=O) groups excluding carboxylic acids is 2. The fourth-order valence-electron chi connectivity index (χ4n) is 2.22. The van der Waals surface area contributed by atoms with Crippen molar-refractivity contribution in [2.45, 2.75) is 39.2 Å². The van der Waals surface area contributed by atoms with Crippen LogP contribution in [0.1, 0.15) is 33.1 Å². The third kappa shape index (κ3) is 6.82. The number of hydrogen-bond acceptors (Lipinski definition) is 5. The molecule has 1 aliphatic rings. The van der Waals surface area contributed by atoms with Crippen LogP contribution in [0, 0.1) is 5.92 Å². The van der Waals surface area contributed by atoms with Crippen molar-refractivity contribution in [1.82, 2.24) is 0 Å². The Kier molecular flexibility index (Phi) is 8.98. The van der Waals surface area contributed by atoms with E-state index < -0.39 is 17.9 Å². The Labute approximate surface area is 138 Å². The largest absolute Gasteiger partial charge is 0.465 e. The number of hydrogen-bond donors (Lipinski definition) is 0. The van der Waals surface area contributed by atoms with Gasteiger partial charge in [-0.25, -0.2) is 0 Å². The number of rotatable bonds is 10. The zero-order valence-corrected chi connectivity index (χ0v) is 14.0. The lowest BCUT2D eigenvalue weighted by Gasteiger charge is -2.12. The lowest BCUT2D eigenvalue weighted by molar-refractivity contribution is -0.161. The summed E-state index contributed by atoms with van der Waals surface area (Å²) in [7, 11) is 0. The average molecular weight is 322 g/mol. The van der Waals surface area contributed by atoms with Crippen LogP contribution >= 0.6 is 0 Å². The van der Waals surface area contributed by atoms with Crippen LogP contribution < -0.4 is 0 Å². The third-order valence-electron chi connectivity index (χ3n) is 3.42. The summed E-state index contributed by atoms with van der Waals surface area (Å²) in [4.78, 5) is 23.6. The third-order valence-corrected chi connectivity index (χ3v) is 3.42. The zero-order chi connectivity index (χ0) is 17.1. The Morgan fingerprint density at radius 2 is 1.96 bits per heavy atom. The van der Waals surface area contributed by atoms with E-state index in [2.05, 4.69) is 12.7 Å². The minimum atomic E-state index is -0.888. The summed E-state index contributed by atoms with van der Waals surface area (Å²) in [6, 6.07) is 0. The molecule has 0 fully saturated rings. The molecule has 0 aromatic rings. The van der Waals surface area contributed by atoms with Gasteiger partial charge in [-0.15, -0.1) is 0 Å². The summed E-state index contributed by atoms with van der Waals surface area (Å²) in [6.45, 7) is 8.25. The zero-order valence-electron chi connectivity index (χ0n) is 14.0. The lowest BCUT2D eigenvalue weighted by atomic mass is 10.0. The predicted molar refractivity (Wildman–Crippen MR) is 87.8 cm³/mol. The van der Waals surface area contributed by atoms with Crippen LogP contribution in [0.15, 0.2) is 36.5 Å². The molecular weight excluding hydrogens is 296 g/mol. The first-order valence-corrected chi connectivity index (χ1v) is 8.05. The fourth-order valence-corrected chi connectivity index (χ4v) is 2.22. The first kappa shape index (κ1) is 19.2. The van der Waals surface area contributed by atoms with Crippen molar-refractivity contribution in [2.24, 2.45) is 5.92 Å². The Morgan fingerprint density at radius 3 is 2.48 bits per heavy atom. The first-order chi connectivity index (χ1) is 11.1. The van der Waals surface area contributed by atoms with Crippen molar-refractivity contribution in [2.75, 3.05) is 19.8 Å². The maximum Gasteiger partial charge on any atom is 0.320 e. The second-order valence-electron chi connectivity index (χ2n) is 5.14. The van der Waals surface area contributed by atoms with Crippen LogP contribution in [0.5, 0.6) is 0 Å². The molecular formula is C18H26O5. The number of esters is 2. The second kappa shape index (κ2) is 10.8. The molecule has 0 aromatic carbocycles. The quantitative estimate of drug-likeness (QED) is 0.351. The minimum Gasteiger partial charge on any atom is -0.465 e. The van der Waals surface area contributed by atoms with E-state index in [0.29, 0.717) is 6.61 Å². The highest BCUT2D eigenvalue weighted by Crippen LogP contribution is 2.17. The van der Waals surface area contributed by atoms with Crippen molar-refractivity contribution in [3.05, 3.63) is 36.5 Å². The Hall–Kier alpha value is -1.88. The van der Waals surface area contributed by atoms with E-state index >= 15 is 0 Å². The maximum absolute atomic E-state index is 11.8. The van der Waals surface area contributed by atoms with Gasteiger partial charge in [0.05, 0.1) is 25.9 Å². The highest BCUT2D eigenvalue weighted by Gasteiger charge is 2.28. The van der Waals surface area contributed by atoms with E-state index in [1.165, 1.54) is 0 Å². The number of allylic oxidation sites excluding steroid dienone is 2. The van der Waals surface area contributed by atoms with E-state index in [0.717, 1.165) is 18.4 Å². The van der Waals surface area contributed by atoms with Crippen molar-refractivity contribution in [1.29, 1.82) is 0 Å². The molecule has 1 rings (SSSR count). The van der Waals surface area contributed by atoms with Gasteiger partial charge >= 0.3 is 11.9 Å². The molecule has 1 atom stereocenters. The monoisotopic (exact) mass is 322 g/mol. The molecule has 0 bridgehead atoms. The molecule has 0 saturated carbocycles. The molecule has 5 heteroatoms. The van der Waals surface area contributed by atoms with Gasteiger partial charge < -0.3 is 14.2 Å². The smallest absolute Gasteiger partial charge is 0.320 e. The molecule has 0 spiro atoms. The summed E-state index contributed by atoms with van der Waals surface area (Å²) in [5.41, 5.74) is 1.11. The Morgan fingerprint density at radius 1 is 1.30 bits per heavy atom. The van der Waals surface area contributed by atoms with Gasteiger partial charge in [0.1, 0.15) is 0 Å². The standard InChI is InChI=1S/C18H26O5/c1-4-14-12-15(23-13-14)10-8-7-9-11-16(17(19)21-5-2)18(20)22-6-3/h4,7,9,12,15-16H,1,5-6,8,10-11,13H2,2-3H3/b9-7+. The van der Waals surface area contributed by atoms with Crippen molar-refractivity contribution >= 4 is 11.9 Å². The fraction of sp³-hybridized carbons (Fsp3) is 0.556. The first-order valence-electron chi connectivity index (χ1n) is 8.05. The molecule has 0 aliphatic carbocycles. The van der Waals surface area contributed by atoms with Crippen molar-refractivity contribution in [3.8, 4) is 0 Å². The highest BCUT2D eigenvalue weighted by atomic mass is 16.6. The Balaban J connectivity index is 2.41. The molecule has 128 valence electrons. The van der Waals surface area contributed by atoms with Gasteiger partial charge in [-0.05, 0) is 38.7 Å². The van der Waals surface area contributed by atoms with Crippen LogP contribution in [0.4, 0.5) is 0 Å². The lowest BCUT2D eigenvalue weighted by Crippen LogP contribution is -2.27. The van der Waals surface area contributed by atoms with E-state index in [1.54, 1.807) is 19.9 Å². The second-order valence-corrected chi connectivity index (χ2v) is 5.14. The van der Waals surface area contributed by atoms with E-state index in [1.807, 2.05) is 12.2 Å². The number of ether oxygens (including phenoxy) is 3. The topological polar surface area (TPSA) is 61.8 Å². The Bertz CT molecular complexity index is 446. The average Bonchev–Trinajstić information content (AvgIpc) is 2.99. The van der Waals surface area contributed by atoms with Gasteiger partial charge in [0, 0.05) is 0 Å². The SMILES string of the molecule is C=CC1=CC(CC/C=C/CC(C(=O)OCC)C(=O)OCC)OC1. The van der Waals surface area contributed by atoms with Crippen molar-refractivity contribution < 1.29 is 23.8 Å². The molecule has 0 saturated heterocycles. The van der Waals surface area contributed by atoms with Crippen molar-refractivity contribution in [3.63, 3.8) is 0 Å². The van der Waals surface area contributed by atoms with E-state index in [4.69, 9.17) is 14.2 Å². The van der Waals surface area contributed by atoms with Gasteiger partial charge in [0.2, 0.25) is 0 Å². The molecule has 0 aromatic heterocycles. The number of carbonyl (C=O) groups is 2. The van der Waals surface area contributed by atoms with Crippen LogP contribution in [-0.2, 0) is 23.8 Å². The summed E-state index contributed by atoms with van der Waals surface area (Å²) < 4.78 is 15.4. The van der Waals surface area contributed by atoms with Crippen LogP contribution in [0.3, 0.4) is 0 Å². The molecule has 0 amide bonds. The molecule has 1 heterocycles.